The molecular formula is C24H28ClN3O4S. The molecule has 1 atom stereocenters. The van der Waals surface area contributed by atoms with Gasteiger partial charge in [-0.25, -0.2) is 4.79 Å². The maximum absolute atomic E-state index is 13.4. The van der Waals surface area contributed by atoms with Gasteiger partial charge in [-0.1, -0.05) is 29.8 Å². The molecule has 1 aromatic carbocycles. The molecule has 1 aliphatic heterocycles. The van der Waals surface area contributed by atoms with E-state index >= 15 is 0 Å². The van der Waals surface area contributed by atoms with Gasteiger partial charge < -0.3 is 19.9 Å². The third kappa shape index (κ3) is 6.42. The van der Waals surface area contributed by atoms with Gasteiger partial charge in [-0.15, -0.1) is 18.3 Å². The van der Waals surface area contributed by atoms with Crippen LogP contribution in [0.5, 0.6) is 0 Å². The number of amides is 2. The fraction of sp³-hybridized carbons (Fsp3) is 0.375. The van der Waals surface area contributed by atoms with Gasteiger partial charge >= 0.3 is 6.09 Å². The second-order valence-electron chi connectivity index (χ2n) is 8.69. The molecule has 0 fully saturated rings. The van der Waals surface area contributed by atoms with Crippen LogP contribution in [0.15, 0.2) is 52.8 Å². The Hall–Kier alpha value is -2.71. The second-order valence-corrected chi connectivity index (χ2v) is 10.2. The summed E-state index contributed by atoms with van der Waals surface area (Å²) in [5, 5.41) is 6.26. The predicted molar refractivity (Wildman–Crippen MR) is 131 cm³/mol. The topological polar surface area (TPSA) is 89.4 Å². The molecule has 2 N–H and O–H groups in total. The zero-order chi connectivity index (χ0) is 24.2. The first-order chi connectivity index (χ1) is 15.6. The van der Waals surface area contributed by atoms with Gasteiger partial charge in [-0.2, -0.15) is 0 Å². The maximum Gasteiger partial charge on any atom is 0.408 e. The minimum absolute atomic E-state index is 0.256. The summed E-state index contributed by atoms with van der Waals surface area (Å²) in [6.45, 7) is 9.69. The number of halogens is 1. The van der Waals surface area contributed by atoms with Crippen molar-refractivity contribution in [2.24, 2.45) is 0 Å². The average Bonchev–Trinajstić information content (AvgIpc) is 3.14. The number of aromatic nitrogens is 1. The molecule has 3 rings (SSSR count). The third-order valence-electron chi connectivity index (χ3n) is 4.84. The smallest absolute Gasteiger partial charge is 0.408 e. The lowest BCUT2D eigenvalue weighted by Gasteiger charge is -2.22. The van der Waals surface area contributed by atoms with Crippen molar-refractivity contribution in [3.8, 4) is 0 Å². The fourth-order valence-electron chi connectivity index (χ4n) is 3.40. The minimum Gasteiger partial charge on any atom is -0.444 e. The Morgan fingerprint density at radius 3 is 2.64 bits per heavy atom. The number of alkyl carbamates (subject to hydrolysis) is 1. The van der Waals surface area contributed by atoms with Crippen molar-refractivity contribution in [3.63, 3.8) is 0 Å². The highest BCUT2D eigenvalue weighted by Gasteiger charge is 2.34. The quantitative estimate of drug-likeness (QED) is 0.440. The number of benzene rings is 1. The molecule has 7 nitrogen and oxygen atoms in total. The van der Waals surface area contributed by atoms with E-state index in [1.54, 1.807) is 45.2 Å². The van der Waals surface area contributed by atoms with Crippen molar-refractivity contribution in [3.05, 3.63) is 75.2 Å². The number of nitrogens with zero attached hydrogens (tertiary/aromatic N) is 1. The van der Waals surface area contributed by atoms with Crippen molar-refractivity contribution in [2.75, 3.05) is 12.3 Å². The van der Waals surface area contributed by atoms with E-state index in [1.807, 2.05) is 12.1 Å². The molecule has 0 aliphatic carbocycles. The van der Waals surface area contributed by atoms with Gasteiger partial charge in [-0.3, -0.25) is 9.59 Å². The second kappa shape index (κ2) is 10.5. The van der Waals surface area contributed by atoms with Crippen LogP contribution in [0.25, 0.3) is 0 Å². The fourth-order valence-corrected chi connectivity index (χ4v) is 4.79. The Labute approximate surface area is 202 Å². The Balaban J connectivity index is 1.99. The molecular weight excluding hydrogens is 462 g/mol. The summed E-state index contributed by atoms with van der Waals surface area (Å²) in [4.78, 5) is 39.4. The van der Waals surface area contributed by atoms with Gasteiger partial charge in [0.2, 0.25) is 0 Å². The highest BCUT2D eigenvalue weighted by molar-refractivity contribution is 7.99. The summed E-state index contributed by atoms with van der Waals surface area (Å²) in [5.74, 6) is 0.158. The molecule has 0 bridgehead atoms. The van der Waals surface area contributed by atoms with Crippen molar-refractivity contribution in [1.82, 2.24) is 15.2 Å². The number of rotatable bonds is 7. The Bertz CT molecular complexity index is 1110. The van der Waals surface area contributed by atoms with Crippen LogP contribution < -0.4 is 16.2 Å². The van der Waals surface area contributed by atoms with Gasteiger partial charge in [0, 0.05) is 28.4 Å². The lowest BCUT2D eigenvalue weighted by molar-refractivity contribution is 0.0508. The first-order valence-electron chi connectivity index (χ1n) is 10.6. The SMILES string of the molecule is C=CCCNC(=O)c1cn(Cc2ccc(Cl)cc2)c(=O)c2c1SC[C@@H]2NC(=O)OC(C)(C)C. The Kier molecular flexibility index (Phi) is 7.92. The Morgan fingerprint density at radius 2 is 2.00 bits per heavy atom. The van der Waals surface area contributed by atoms with Crippen LogP contribution in [0.3, 0.4) is 0 Å². The number of fused-ring (bicyclic) bond motifs is 1. The molecule has 1 aliphatic rings. The highest BCUT2D eigenvalue weighted by atomic mass is 35.5. The summed E-state index contributed by atoms with van der Waals surface area (Å²) in [6.07, 6.45) is 3.34. The Morgan fingerprint density at radius 1 is 1.30 bits per heavy atom. The maximum atomic E-state index is 13.4. The standard InChI is InChI=1S/C24H28ClN3O4S/c1-5-6-11-26-21(29)17-13-28(12-15-7-9-16(25)10-8-15)22(30)19-18(14-33-20(17)19)27-23(31)32-24(2,3)4/h5,7-10,13,18H,1,6,11-12,14H2,2-4H3,(H,26,29)(H,27,31)/t18-/m0/s1. The minimum atomic E-state index is -0.666. The molecule has 176 valence electrons. The first kappa shape index (κ1) is 24.9. The van der Waals surface area contributed by atoms with Crippen molar-refractivity contribution in [2.45, 2.75) is 50.3 Å². The molecule has 2 amide bonds. The van der Waals surface area contributed by atoms with Crippen LogP contribution in [0, 0.1) is 0 Å². The van der Waals surface area contributed by atoms with Gasteiger partial charge in [0.05, 0.1) is 23.7 Å². The van der Waals surface area contributed by atoms with Crippen LogP contribution in [0.2, 0.25) is 5.02 Å². The molecule has 0 unspecified atom stereocenters. The van der Waals surface area contributed by atoms with E-state index < -0.39 is 17.7 Å². The molecule has 2 aromatic rings. The summed E-state index contributed by atoms with van der Waals surface area (Å²) < 4.78 is 6.87. The monoisotopic (exact) mass is 489 g/mol. The van der Waals surface area contributed by atoms with E-state index in [9.17, 15) is 14.4 Å². The van der Waals surface area contributed by atoms with Gasteiger partial charge in [-0.05, 0) is 44.9 Å². The summed E-state index contributed by atoms with van der Waals surface area (Å²) >= 11 is 7.36. The van der Waals surface area contributed by atoms with Crippen LogP contribution >= 0.6 is 23.4 Å². The summed E-state index contributed by atoms with van der Waals surface area (Å²) in [5.41, 5.74) is 0.744. The van der Waals surface area contributed by atoms with E-state index in [2.05, 4.69) is 17.2 Å². The normalized spacial score (nSPS) is 15.0. The van der Waals surface area contributed by atoms with Gasteiger partial charge in [0.1, 0.15) is 5.60 Å². The van der Waals surface area contributed by atoms with Crippen molar-refractivity contribution < 1.29 is 14.3 Å². The van der Waals surface area contributed by atoms with E-state index in [0.29, 0.717) is 39.8 Å². The molecule has 0 saturated carbocycles. The number of hydrogen-bond donors (Lipinski definition) is 2. The lowest BCUT2D eigenvalue weighted by atomic mass is 10.1. The zero-order valence-corrected chi connectivity index (χ0v) is 20.5. The summed E-state index contributed by atoms with van der Waals surface area (Å²) in [6, 6.07) is 6.60. The molecule has 33 heavy (non-hydrogen) atoms. The average molecular weight is 490 g/mol. The highest BCUT2D eigenvalue weighted by Crippen LogP contribution is 2.38. The van der Waals surface area contributed by atoms with Crippen LogP contribution in [0.1, 0.15) is 54.7 Å². The molecule has 0 radical (unpaired) electrons. The van der Waals surface area contributed by atoms with Crippen LogP contribution in [-0.4, -0.2) is 34.5 Å². The number of pyridine rings is 1. The van der Waals surface area contributed by atoms with Crippen molar-refractivity contribution in [1.29, 1.82) is 0 Å². The molecule has 0 saturated heterocycles. The zero-order valence-electron chi connectivity index (χ0n) is 18.9. The van der Waals surface area contributed by atoms with E-state index in [1.165, 1.54) is 16.3 Å². The molecule has 2 heterocycles. The number of carbonyl (C=O) groups excluding carboxylic acids is 2. The number of thioether (sulfide) groups is 1. The van der Waals surface area contributed by atoms with E-state index in [0.717, 1.165) is 5.56 Å². The van der Waals surface area contributed by atoms with E-state index in [-0.39, 0.29) is 18.0 Å². The number of carbonyl (C=O) groups is 2. The number of hydrogen-bond acceptors (Lipinski definition) is 5. The van der Waals surface area contributed by atoms with Crippen LogP contribution in [-0.2, 0) is 11.3 Å². The summed E-state index contributed by atoms with van der Waals surface area (Å²) in [7, 11) is 0. The van der Waals surface area contributed by atoms with Gasteiger partial charge in [0.15, 0.2) is 0 Å². The number of nitrogens with one attached hydrogen (secondary N) is 2. The predicted octanol–water partition coefficient (Wildman–Crippen LogP) is 4.53. The number of ether oxygens (including phenoxy) is 1. The van der Waals surface area contributed by atoms with Gasteiger partial charge in [0.25, 0.3) is 11.5 Å². The third-order valence-corrected chi connectivity index (χ3v) is 6.32. The van der Waals surface area contributed by atoms with Crippen molar-refractivity contribution >= 4 is 35.4 Å². The largest absolute Gasteiger partial charge is 0.444 e. The molecule has 0 spiro atoms. The lowest BCUT2D eigenvalue weighted by Crippen LogP contribution is -2.38. The molecule has 9 heteroatoms. The van der Waals surface area contributed by atoms with Crippen LogP contribution in [0.4, 0.5) is 4.79 Å². The van der Waals surface area contributed by atoms with E-state index in [4.69, 9.17) is 16.3 Å². The molecule has 1 aromatic heterocycles. The first-order valence-corrected chi connectivity index (χ1v) is 12.0.